The number of hydrogen-bond acceptors (Lipinski definition) is 6. The molecule has 2 N–H and O–H groups in total. The Morgan fingerprint density at radius 3 is 2.45 bits per heavy atom. The molecule has 0 spiro atoms. The zero-order valence-corrected chi connectivity index (χ0v) is 21.3. The van der Waals surface area contributed by atoms with Gasteiger partial charge in [0.05, 0.1) is 11.4 Å². The van der Waals surface area contributed by atoms with E-state index in [-0.39, 0.29) is 11.4 Å². The van der Waals surface area contributed by atoms with Crippen molar-refractivity contribution in [3.63, 3.8) is 0 Å². The predicted molar refractivity (Wildman–Crippen MR) is 130 cm³/mol. The van der Waals surface area contributed by atoms with Crippen molar-refractivity contribution in [3.05, 3.63) is 68.9 Å². The van der Waals surface area contributed by atoms with Crippen molar-refractivity contribution in [1.29, 1.82) is 0 Å². The topological polar surface area (TPSA) is 108 Å². The van der Waals surface area contributed by atoms with Gasteiger partial charge >= 0.3 is 0 Å². The van der Waals surface area contributed by atoms with Gasteiger partial charge in [-0.05, 0) is 48.9 Å². The Balaban J connectivity index is 1.71. The Morgan fingerprint density at radius 1 is 1.12 bits per heavy atom. The molecule has 0 aliphatic heterocycles. The monoisotopic (exact) mass is 547 g/mol. The smallest absolute Gasteiger partial charge is 0.243 e. The number of aromatic nitrogens is 3. The number of nitrogens with zero attached hydrogens (tertiary/aromatic N) is 3. The van der Waals surface area contributed by atoms with Crippen LogP contribution in [0.2, 0.25) is 15.1 Å². The molecule has 3 aromatic rings. The van der Waals surface area contributed by atoms with E-state index in [0.29, 0.717) is 43.9 Å². The highest BCUT2D eigenvalue weighted by Gasteiger charge is 2.27. The number of halogens is 3. The molecule has 1 aromatic heterocycles. The van der Waals surface area contributed by atoms with Crippen molar-refractivity contribution in [3.8, 4) is 0 Å². The number of hydrogen-bond donors (Lipinski definition) is 2. The van der Waals surface area contributed by atoms with Crippen LogP contribution in [-0.2, 0) is 21.4 Å². The molecule has 1 heterocycles. The third kappa shape index (κ3) is 7.33. The fraction of sp³-hybridized carbons (Fsp3) is 0.250. The van der Waals surface area contributed by atoms with E-state index < -0.39 is 22.5 Å². The summed E-state index contributed by atoms with van der Waals surface area (Å²) < 4.78 is 27.6. The van der Waals surface area contributed by atoms with E-state index in [9.17, 15) is 13.2 Å². The maximum absolute atomic E-state index is 13.3. The van der Waals surface area contributed by atoms with Crippen LogP contribution in [0.1, 0.15) is 11.4 Å². The van der Waals surface area contributed by atoms with Crippen LogP contribution >= 0.6 is 46.6 Å². The molecule has 3 rings (SSSR count). The standard InChI is InChI=1S/C20H20Cl3N5O3S2/c1-13-25-20(27-26-13)32-9-8-24-19(29)12-28(11-14-2-3-16(22)10-18(14)23)33(30,31)17-6-4-15(21)5-7-17/h2-7,10H,8-9,11-12H2,1H3,(H,24,29)(H,25,26,27). The number of rotatable bonds is 10. The van der Waals surface area contributed by atoms with E-state index in [1.165, 1.54) is 42.1 Å². The van der Waals surface area contributed by atoms with Gasteiger partial charge in [-0.25, -0.2) is 13.4 Å². The molecule has 0 bridgehead atoms. The molecule has 0 radical (unpaired) electrons. The first-order valence-corrected chi connectivity index (χ1v) is 13.2. The molecule has 0 fully saturated rings. The van der Waals surface area contributed by atoms with Gasteiger partial charge in [-0.15, -0.1) is 5.10 Å². The molecule has 13 heteroatoms. The van der Waals surface area contributed by atoms with Crippen molar-refractivity contribution < 1.29 is 13.2 Å². The summed E-state index contributed by atoms with van der Waals surface area (Å²) in [5, 5.41) is 11.2. The summed E-state index contributed by atoms with van der Waals surface area (Å²) in [6.45, 7) is 1.60. The molecule has 0 atom stereocenters. The molecule has 0 aliphatic rings. The first-order chi connectivity index (χ1) is 15.6. The minimum absolute atomic E-state index is 0.0142. The van der Waals surface area contributed by atoms with Crippen LogP contribution in [0.4, 0.5) is 0 Å². The molecule has 8 nitrogen and oxygen atoms in total. The summed E-state index contributed by atoms with van der Waals surface area (Å²) in [6.07, 6.45) is 0. The third-order valence-corrected chi connectivity index (χ3v) is 7.86. The molecule has 0 unspecified atom stereocenters. The lowest BCUT2D eigenvalue weighted by Gasteiger charge is -2.22. The van der Waals surface area contributed by atoms with E-state index in [1.54, 1.807) is 19.1 Å². The number of amides is 1. The van der Waals surface area contributed by atoms with Crippen LogP contribution < -0.4 is 5.32 Å². The Kier molecular flexibility index (Phi) is 9.02. The molecule has 1 amide bonds. The van der Waals surface area contributed by atoms with Crippen LogP contribution in [0.25, 0.3) is 0 Å². The van der Waals surface area contributed by atoms with Crippen molar-refractivity contribution in [2.75, 3.05) is 18.8 Å². The zero-order chi connectivity index (χ0) is 24.0. The highest BCUT2D eigenvalue weighted by molar-refractivity contribution is 7.99. The van der Waals surface area contributed by atoms with Crippen molar-refractivity contribution >= 4 is 62.5 Å². The third-order valence-electron chi connectivity index (χ3n) is 4.37. The molecular formula is C20H20Cl3N5O3S2. The number of carbonyl (C=O) groups is 1. The number of nitrogens with one attached hydrogen (secondary N) is 2. The quantitative estimate of drug-likeness (QED) is 0.291. The van der Waals surface area contributed by atoms with Crippen molar-refractivity contribution in [2.24, 2.45) is 0 Å². The van der Waals surface area contributed by atoms with Gasteiger partial charge in [-0.2, -0.15) is 4.31 Å². The first kappa shape index (κ1) is 25.8. The number of aryl methyl sites for hydroxylation is 1. The van der Waals surface area contributed by atoms with E-state index in [4.69, 9.17) is 34.8 Å². The van der Waals surface area contributed by atoms with E-state index in [1.807, 2.05) is 0 Å². The SMILES string of the molecule is Cc1nc(SCCNC(=O)CN(Cc2ccc(Cl)cc2Cl)S(=O)(=O)c2ccc(Cl)cc2)n[nH]1. The number of thioether (sulfide) groups is 1. The average molecular weight is 549 g/mol. The number of aromatic amines is 1. The van der Waals surface area contributed by atoms with Gasteiger partial charge in [0.1, 0.15) is 5.82 Å². The fourth-order valence-corrected chi connectivity index (χ4v) is 5.42. The summed E-state index contributed by atoms with van der Waals surface area (Å²) in [7, 11) is -4.02. The predicted octanol–water partition coefficient (Wildman–Crippen LogP) is 4.17. The highest BCUT2D eigenvalue weighted by Crippen LogP contribution is 2.25. The lowest BCUT2D eigenvalue weighted by Crippen LogP contribution is -2.41. The first-order valence-electron chi connectivity index (χ1n) is 9.63. The molecule has 2 aromatic carbocycles. The Morgan fingerprint density at radius 2 is 1.82 bits per heavy atom. The van der Waals surface area contributed by atoms with Gasteiger partial charge in [0.15, 0.2) is 0 Å². The van der Waals surface area contributed by atoms with E-state index in [2.05, 4.69) is 20.5 Å². The second kappa shape index (κ2) is 11.5. The summed E-state index contributed by atoms with van der Waals surface area (Å²) in [5.41, 5.74) is 0.516. The second-order valence-corrected chi connectivity index (χ2v) is 11.1. The zero-order valence-electron chi connectivity index (χ0n) is 17.4. The van der Waals surface area contributed by atoms with Crippen molar-refractivity contribution in [1.82, 2.24) is 24.8 Å². The lowest BCUT2D eigenvalue weighted by molar-refractivity contribution is -0.121. The maximum atomic E-state index is 13.3. The number of benzene rings is 2. The fourth-order valence-electron chi connectivity index (χ4n) is 2.76. The second-order valence-electron chi connectivity index (χ2n) is 6.86. The largest absolute Gasteiger partial charge is 0.354 e. The van der Waals surface area contributed by atoms with Gasteiger partial charge in [-0.1, -0.05) is 52.6 Å². The van der Waals surface area contributed by atoms with Crippen molar-refractivity contribution in [2.45, 2.75) is 23.5 Å². The Hall–Kier alpha value is -1.82. The Bertz CT molecular complexity index is 1220. The molecule has 176 valence electrons. The molecule has 33 heavy (non-hydrogen) atoms. The average Bonchev–Trinajstić information content (AvgIpc) is 3.18. The number of carbonyl (C=O) groups excluding carboxylic acids is 1. The van der Waals surface area contributed by atoms with Crippen LogP contribution in [0.5, 0.6) is 0 Å². The number of H-pyrrole nitrogens is 1. The van der Waals surface area contributed by atoms with Gasteiger partial charge < -0.3 is 5.32 Å². The summed E-state index contributed by atoms with van der Waals surface area (Å²) in [6, 6.07) is 10.5. The number of sulfonamides is 1. The maximum Gasteiger partial charge on any atom is 0.243 e. The molecule has 0 aliphatic carbocycles. The lowest BCUT2D eigenvalue weighted by atomic mass is 10.2. The van der Waals surface area contributed by atoms with Gasteiger partial charge in [0, 0.05) is 33.9 Å². The summed E-state index contributed by atoms with van der Waals surface area (Å²) >= 11 is 19.5. The molecule has 0 saturated carbocycles. The van der Waals surface area contributed by atoms with Gasteiger partial charge in [0.25, 0.3) is 0 Å². The summed E-state index contributed by atoms with van der Waals surface area (Å²) in [5.74, 6) is 0.769. The minimum Gasteiger partial charge on any atom is -0.354 e. The minimum atomic E-state index is -4.02. The van der Waals surface area contributed by atoms with E-state index >= 15 is 0 Å². The van der Waals surface area contributed by atoms with Crippen LogP contribution in [0.3, 0.4) is 0 Å². The normalized spacial score (nSPS) is 11.7. The van der Waals surface area contributed by atoms with Gasteiger partial charge in [-0.3, -0.25) is 9.89 Å². The van der Waals surface area contributed by atoms with Crippen LogP contribution in [-0.4, -0.2) is 52.7 Å². The Labute approximate surface area is 211 Å². The molecular weight excluding hydrogens is 529 g/mol. The summed E-state index contributed by atoms with van der Waals surface area (Å²) in [4.78, 5) is 16.8. The van der Waals surface area contributed by atoms with E-state index in [0.717, 1.165) is 4.31 Å². The van der Waals surface area contributed by atoms with Crippen LogP contribution in [0.15, 0.2) is 52.5 Å². The van der Waals surface area contributed by atoms with Crippen LogP contribution in [0, 0.1) is 6.92 Å². The highest BCUT2D eigenvalue weighted by atomic mass is 35.5. The molecule has 0 saturated heterocycles. The van der Waals surface area contributed by atoms with Gasteiger partial charge in [0.2, 0.25) is 21.1 Å².